The molecule has 3 amide bonds. The molecule has 2 N–H and O–H groups in total. The molecule has 0 aromatic heterocycles. The van der Waals surface area contributed by atoms with E-state index in [0.717, 1.165) is 6.07 Å². The summed E-state index contributed by atoms with van der Waals surface area (Å²) in [5, 5.41) is 4.66. The number of ether oxygens (including phenoxy) is 1. The van der Waals surface area contributed by atoms with Crippen molar-refractivity contribution in [1.82, 2.24) is 5.32 Å². The van der Waals surface area contributed by atoms with Gasteiger partial charge in [0.2, 0.25) is 0 Å². The van der Waals surface area contributed by atoms with Crippen molar-refractivity contribution in [1.29, 1.82) is 0 Å². The number of urea groups is 1. The van der Waals surface area contributed by atoms with Crippen LogP contribution in [0.25, 0.3) is 0 Å². The molecule has 2 aromatic carbocycles. The highest BCUT2D eigenvalue weighted by atomic mass is 35.5. The van der Waals surface area contributed by atoms with Gasteiger partial charge in [-0.15, -0.1) is 0 Å². The van der Waals surface area contributed by atoms with E-state index in [1.807, 2.05) is 5.32 Å². The van der Waals surface area contributed by atoms with Gasteiger partial charge in [-0.2, -0.15) is 0 Å². The molecule has 9 heteroatoms. The summed E-state index contributed by atoms with van der Waals surface area (Å²) >= 11 is 11.9. The van der Waals surface area contributed by atoms with Crippen LogP contribution in [0.3, 0.4) is 0 Å². The van der Waals surface area contributed by atoms with Gasteiger partial charge in [0, 0.05) is 15.6 Å². The van der Waals surface area contributed by atoms with Crippen molar-refractivity contribution >= 4 is 46.8 Å². The Kier molecular flexibility index (Phi) is 6.94. The Morgan fingerprint density at radius 2 is 1.65 bits per heavy atom. The third-order valence-electron chi connectivity index (χ3n) is 3.12. The number of hydrogen-bond acceptors (Lipinski definition) is 4. The Morgan fingerprint density at radius 3 is 2.31 bits per heavy atom. The summed E-state index contributed by atoms with van der Waals surface area (Å²) in [6.07, 6.45) is -0.229. The monoisotopic (exact) mass is 398 g/mol. The second-order valence-corrected chi connectivity index (χ2v) is 5.83. The van der Waals surface area contributed by atoms with E-state index in [-0.39, 0.29) is 12.1 Å². The van der Waals surface area contributed by atoms with Gasteiger partial charge in [-0.3, -0.25) is 14.9 Å². The highest BCUT2D eigenvalue weighted by Crippen LogP contribution is 2.24. The predicted octanol–water partition coefficient (Wildman–Crippen LogP) is 3.57. The molecule has 136 valence electrons. The van der Waals surface area contributed by atoms with Crippen molar-refractivity contribution < 1.29 is 23.5 Å². The minimum Gasteiger partial charge on any atom is -0.455 e. The van der Waals surface area contributed by atoms with Gasteiger partial charge in [0.05, 0.1) is 12.1 Å². The Hall–Kier alpha value is -2.64. The summed E-state index contributed by atoms with van der Waals surface area (Å²) in [5.41, 5.74) is 0.279. The lowest BCUT2D eigenvalue weighted by Crippen LogP contribution is -2.37. The van der Waals surface area contributed by atoms with Crippen molar-refractivity contribution in [3.05, 3.63) is 63.9 Å². The number of anilines is 1. The quantitative estimate of drug-likeness (QED) is 0.753. The van der Waals surface area contributed by atoms with Gasteiger partial charge < -0.3 is 10.1 Å². The molecule has 0 aliphatic rings. The summed E-state index contributed by atoms with van der Waals surface area (Å²) in [4.78, 5) is 35.0. The van der Waals surface area contributed by atoms with Crippen LogP contribution in [-0.2, 0) is 20.7 Å². The number of para-hydroxylation sites is 1. The average molecular weight is 399 g/mol. The SMILES string of the molecule is O=C(COC(=O)Cc1c(Cl)cccc1Cl)NC(=O)Nc1ccccc1F. The molecule has 0 radical (unpaired) electrons. The Morgan fingerprint density at radius 1 is 1.00 bits per heavy atom. The number of rotatable bonds is 5. The van der Waals surface area contributed by atoms with E-state index in [2.05, 4.69) is 5.32 Å². The molecule has 6 nitrogen and oxygen atoms in total. The highest BCUT2D eigenvalue weighted by Gasteiger charge is 2.15. The molecule has 26 heavy (non-hydrogen) atoms. The number of nitrogens with one attached hydrogen (secondary N) is 2. The van der Waals surface area contributed by atoms with E-state index >= 15 is 0 Å². The molecule has 0 unspecified atom stereocenters. The lowest BCUT2D eigenvalue weighted by molar-refractivity contribution is -0.147. The van der Waals surface area contributed by atoms with Crippen LogP contribution in [0, 0.1) is 5.82 Å². The number of esters is 1. The molecule has 0 bridgehead atoms. The van der Waals surface area contributed by atoms with Crippen molar-refractivity contribution in [2.45, 2.75) is 6.42 Å². The van der Waals surface area contributed by atoms with E-state index in [0.29, 0.717) is 15.6 Å². The number of imide groups is 1. The van der Waals surface area contributed by atoms with E-state index < -0.39 is 30.3 Å². The molecule has 2 rings (SSSR count). The van der Waals surface area contributed by atoms with Gasteiger partial charge >= 0.3 is 12.0 Å². The maximum Gasteiger partial charge on any atom is 0.326 e. The zero-order valence-corrected chi connectivity index (χ0v) is 14.7. The Bertz CT molecular complexity index is 825. The lowest BCUT2D eigenvalue weighted by atomic mass is 10.1. The summed E-state index contributed by atoms with van der Waals surface area (Å²) in [5.74, 6) is -2.28. The summed E-state index contributed by atoms with van der Waals surface area (Å²) < 4.78 is 18.2. The number of carbonyl (C=O) groups is 3. The zero-order chi connectivity index (χ0) is 19.1. The number of benzene rings is 2. The normalized spacial score (nSPS) is 10.1. The Labute approximate surface area is 158 Å². The highest BCUT2D eigenvalue weighted by molar-refractivity contribution is 6.36. The predicted molar refractivity (Wildman–Crippen MR) is 94.7 cm³/mol. The minimum absolute atomic E-state index is 0.0943. The summed E-state index contributed by atoms with van der Waals surface area (Å²) in [6, 6.07) is 9.25. The first kappa shape index (κ1) is 19.7. The molecule has 0 saturated carbocycles. The van der Waals surface area contributed by atoms with E-state index in [1.165, 1.54) is 18.2 Å². The van der Waals surface area contributed by atoms with Crippen LogP contribution in [-0.4, -0.2) is 24.5 Å². The van der Waals surface area contributed by atoms with Crippen LogP contribution in [0.2, 0.25) is 10.0 Å². The number of carbonyl (C=O) groups excluding carboxylic acids is 3. The average Bonchev–Trinajstić information content (AvgIpc) is 2.58. The summed E-state index contributed by atoms with van der Waals surface area (Å²) in [6.45, 7) is -0.689. The van der Waals surface area contributed by atoms with E-state index in [9.17, 15) is 18.8 Å². The fraction of sp³-hybridized carbons (Fsp3) is 0.118. The van der Waals surface area contributed by atoms with Gasteiger partial charge in [-0.25, -0.2) is 9.18 Å². The first-order valence-electron chi connectivity index (χ1n) is 7.30. The van der Waals surface area contributed by atoms with Crippen LogP contribution >= 0.6 is 23.2 Å². The van der Waals surface area contributed by atoms with Crippen LogP contribution in [0.5, 0.6) is 0 Å². The van der Waals surface area contributed by atoms with E-state index in [4.69, 9.17) is 27.9 Å². The first-order chi connectivity index (χ1) is 12.4. The van der Waals surface area contributed by atoms with Crippen LogP contribution < -0.4 is 10.6 Å². The smallest absolute Gasteiger partial charge is 0.326 e. The topological polar surface area (TPSA) is 84.5 Å². The van der Waals surface area contributed by atoms with Crippen molar-refractivity contribution in [2.75, 3.05) is 11.9 Å². The fourth-order valence-corrected chi connectivity index (χ4v) is 2.45. The fourth-order valence-electron chi connectivity index (χ4n) is 1.92. The minimum atomic E-state index is -0.953. The van der Waals surface area contributed by atoms with E-state index in [1.54, 1.807) is 18.2 Å². The van der Waals surface area contributed by atoms with Crippen LogP contribution in [0.4, 0.5) is 14.9 Å². The molecule has 0 aliphatic heterocycles. The van der Waals surface area contributed by atoms with Gasteiger partial charge in [0.15, 0.2) is 6.61 Å². The third-order valence-corrected chi connectivity index (χ3v) is 3.83. The summed E-state index contributed by atoms with van der Waals surface area (Å²) in [7, 11) is 0. The van der Waals surface area contributed by atoms with Crippen LogP contribution in [0.15, 0.2) is 42.5 Å². The molecular weight excluding hydrogens is 386 g/mol. The standard InChI is InChI=1S/C17H13Cl2FN2O4/c18-11-4-3-5-12(19)10(11)8-16(24)26-9-15(23)22-17(25)21-14-7-2-1-6-13(14)20/h1-7H,8-9H2,(H2,21,22,23,25). The van der Waals surface area contributed by atoms with Crippen molar-refractivity contribution in [3.63, 3.8) is 0 Å². The van der Waals surface area contributed by atoms with Crippen molar-refractivity contribution in [2.24, 2.45) is 0 Å². The van der Waals surface area contributed by atoms with Gasteiger partial charge in [-0.1, -0.05) is 41.4 Å². The molecule has 0 spiro atoms. The number of amides is 3. The van der Waals surface area contributed by atoms with Crippen molar-refractivity contribution in [3.8, 4) is 0 Å². The van der Waals surface area contributed by atoms with Gasteiger partial charge in [-0.05, 0) is 24.3 Å². The number of halogens is 3. The van der Waals surface area contributed by atoms with Gasteiger partial charge in [0.25, 0.3) is 5.91 Å². The zero-order valence-electron chi connectivity index (χ0n) is 13.2. The molecule has 0 atom stereocenters. The lowest BCUT2D eigenvalue weighted by Gasteiger charge is -2.09. The van der Waals surface area contributed by atoms with Crippen LogP contribution in [0.1, 0.15) is 5.56 Å². The second-order valence-electron chi connectivity index (χ2n) is 5.02. The first-order valence-corrected chi connectivity index (χ1v) is 8.06. The maximum absolute atomic E-state index is 13.4. The largest absolute Gasteiger partial charge is 0.455 e. The molecule has 0 aliphatic carbocycles. The molecular formula is C17H13Cl2FN2O4. The molecule has 0 saturated heterocycles. The Balaban J connectivity index is 1.80. The maximum atomic E-state index is 13.4. The molecule has 0 heterocycles. The van der Waals surface area contributed by atoms with Gasteiger partial charge in [0.1, 0.15) is 5.82 Å². The molecule has 0 fully saturated rings. The third kappa shape index (κ3) is 5.72. The second kappa shape index (κ2) is 9.17. The molecule has 2 aromatic rings. The number of hydrogen-bond donors (Lipinski definition) is 2.